The molecule has 0 bridgehead atoms. The van der Waals surface area contributed by atoms with Gasteiger partial charge in [-0.3, -0.25) is 74.2 Å². The van der Waals surface area contributed by atoms with Gasteiger partial charge in [0.2, 0.25) is 0 Å². The van der Waals surface area contributed by atoms with Crippen LogP contribution >= 0.6 is 0 Å². The number of carbonyl (C=O) groups is 4. The number of fused-ring (bicyclic) bond motifs is 4. The zero-order valence-corrected chi connectivity index (χ0v) is 83.0. The van der Waals surface area contributed by atoms with Crippen molar-refractivity contribution in [3.63, 3.8) is 0 Å². The van der Waals surface area contributed by atoms with Gasteiger partial charge in [-0.1, -0.05) is 48.9 Å². The number of likely N-dealkylation sites (tertiary alicyclic amines) is 3. The summed E-state index contributed by atoms with van der Waals surface area (Å²) in [6.45, 7) is 16.4. The van der Waals surface area contributed by atoms with Crippen LogP contribution in [0.4, 0.5) is 46.0 Å². The first-order valence-electron chi connectivity index (χ1n) is 48.9. The predicted molar refractivity (Wildman–Crippen MR) is 574 cm³/mol. The number of piperidine rings is 1. The van der Waals surface area contributed by atoms with Gasteiger partial charge in [0.05, 0.1) is 75.8 Å². The van der Waals surface area contributed by atoms with Crippen molar-refractivity contribution < 1.29 is 23.9 Å². The van der Waals surface area contributed by atoms with Crippen LogP contribution in [0.15, 0.2) is 250 Å². The lowest BCUT2D eigenvalue weighted by Crippen LogP contribution is -2.36. The van der Waals surface area contributed by atoms with E-state index < -0.39 is 0 Å². The Kier molecular flexibility index (Phi) is 33.9. The first-order valence-corrected chi connectivity index (χ1v) is 48.9. The van der Waals surface area contributed by atoms with E-state index in [1.165, 1.54) is 55.2 Å². The summed E-state index contributed by atoms with van der Waals surface area (Å²) in [5.74, 6) is 3.25. The molecule has 0 atom stereocenters. The molecule has 3 saturated heterocycles. The smallest absolute Gasteiger partial charge is 0.276 e. The number of rotatable bonds is 36. The molecule has 3 aliphatic heterocycles. The summed E-state index contributed by atoms with van der Waals surface area (Å²) in [5.41, 5.74) is 18.4. The van der Waals surface area contributed by atoms with Crippen LogP contribution in [0.2, 0.25) is 0 Å². The maximum Gasteiger partial charge on any atom is 0.276 e. The third kappa shape index (κ3) is 28.0. The van der Waals surface area contributed by atoms with Crippen molar-refractivity contribution in [3.8, 4) is 56.0 Å². The number of amides is 4. The molecule has 3 aliphatic rings. The largest absolute Gasteiger partial charge is 0.456 e. The van der Waals surface area contributed by atoms with Crippen LogP contribution in [-0.4, -0.2) is 287 Å². The van der Waals surface area contributed by atoms with E-state index in [0.717, 1.165) is 223 Å². The van der Waals surface area contributed by atoms with E-state index in [-0.39, 0.29) is 23.6 Å². The molecule has 36 nitrogen and oxygen atoms in total. The molecule has 36 heteroatoms. The Morgan fingerprint density at radius 1 is 0.290 bits per heavy atom. The van der Waals surface area contributed by atoms with Crippen molar-refractivity contribution in [2.75, 3.05) is 191 Å². The number of pyridine rings is 8. The summed E-state index contributed by atoms with van der Waals surface area (Å²) in [6, 6.07) is 56.5. The van der Waals surface area contributed by atoms with Crippen molar-refractivity contribution in [1.82, 2.24) is 115 Å². The Morgan fingerprint density at radius 2 is 0.572 bits per heavy atom. The Labute approximate surface area is 841 Å². The summed E-state index contributed by atoms with van der Waals surface area (Å²) in [6.07, 6.45) is 29.1. The van der Waals surface area contributed by atoms with E-state index in [2.05, 4.69) is 176 Å². The minimum Gasteiger partial charge on any atom is -0.456 e. The second-order valence-corrected chi connectivity index (χ2v) is 37.3. The van der Waals surface area contributed by atoms with Crippen LogP contribution in [0.3, 0.4) is 0 Å². The minimum absolute atomic E-state index is 0.282. The van der Waals surface area contributed by atoms with Crippen molar-refractivity contribution in [2.24, 2.45) is 0 Å². The molecule has 5 aromatic carbocycles. The average molecular weight is 1950 g/mol. The molecule has 12 aromatic heterocycles. The number of carbonyl (C=O) groups excluding carboxylic acids is 4. The van der Waals surface area contributed by atoms with Crippen molar-refractivity contribution in [1.29, 1.82) is 0 Å². The number of anilines is 8. The molecular formula is C109H123N31O5. The number of hydrogen-bond acceptors (Lipinski definition) is 28. The van der Waals surface area contributed by atoms with Crippen LogP contribution in [0.1, 0.15) is 97.2 Å². The maximum absolute atomic E-state index is 13.1. The van der Waals surface area contributed by atoms with Crippen LogP contribution in [-0.2, 0) is 19.6 Å². The fraction of sp³-hybridized carbons (Fsp3) is 0.284. The first-order chi connectivity index (χ1) is 70.7. The lowest BCUT2D eigenvalue weighted by Gasteiger charge is -2.30. The number of benzene rings is 5. The van der Waals surface area contributed by atoms with E-state index in [1.807, 2.05) is 251 Å². The fourth-order valence-corrected chi connectivity index (χ4v) is 17.0. The molecular weight excluding hydrogens is 1820 g/mol. The Balaban J connectivity index is 0.000000132. The quantitative estimate of drug-likeness (QED) is 0.0173. The molecule has 0 radical (unpaired) electrons. The summed E-state index contributed by atoms with van der Waals surface area (Å²) in [4.78, 5) is 103. The highest BCUT2D eigenvalue weighted by Gasteiger charge is 2.24. The molecule has 0 unspecified atom stereocenters. The van der Waals surface area contributed by atoms with E-state index in [4.69, 9.17) is 4.74 Å². The molecule has 744 valence electrons. The van der Waals surface area contributed by atoms with Gasteiger partial charge in [-0.2, -0.15) is 20.4 Å². The van der Waals surface area contributed by atoms with Gasteiger partial charge >= 0.3 is 0 Å². The second-order valence-electron chi connectivity index (χ2n) is 37.3. The number of aromatic nitrogens is 16. The number of nitrogens with zero attached hydrogens (tertiary/aromatic N) is 19. The lowest BCUT2D eigenvalue weighted by molar-refractivity contribution is 0.101. The SMILES string of the molecule is CN(C)CCNc1ccc(NC(=O)c2n[nH]c3ccc(-c4cncc(CN5CCC5)c4)cc23)cn1.CN(C)CCNc1ccc(NC(=O)c2n[nH]c3ccc(-c4cncc(CN5CCCC5)c4)cc23)cn1.CN(C)CCNc1ccc(NC(=O)c2n[nH]c3ccc(-c4cncc(CN5CCCCC5)c4)cc23)cn1.CN(C)CCNc1ccc(NC(=O)c2n[nH]c3ccc(-c4cncc(Oc5ccccc5)c4)cc23)cn1. The molecule has 3 fully saturated rings. The Hall–Kier alpha value is -16.2. The number of hydrogen-bond donors (Lipinski definition) is 12. The Morgan fingerprint density at radius 3 is 0.848 bits per heavy atom. The molecule has 0 aliphatic carbocycles. The van der Waals surface area contributed by atoms with Gasteiger partial charge in [0.15, 0.2) is 22.8 Å². The van der Waals surface area contributed by atoms with Gasteiger partial charge < -0.3 is 66.9 Å². The highest BCUT2D eigenvalue weighted by molar-refractivity contribution is 6.15. The number of aromatic amines is 4. The van der Waals surface area contributed by atoms with Crippen LogP contribution in [0, 0.1) is 0 Å². The van der Waals surface area contributed by atoms with Gasteiger partial charge in [0, 0.05) is 159 Å². The Bertz CT molecular complexity index is 7180. The number of H-pyrrole nitrogens is 4. The molecule has 20 rings (SSSR count). The maximum atomic E-state index is 13.1. The average Bonchev–Trinajstić information content (AvgIpc) is 1.16. The van der Waals surface area contributed by atoms with Gasteiger partial charge in [0.1, 0.15) is 34.8 Å². The zero-order valence-electron chi connectivity index (χ0n) is 83.0. The van der Waals surface area contributed by atoms with Gasteiger partial charge in [-0.05, 0) is 300 Å². The number of ether oxygens (including phenoxy) is 1. The monoisotopic (exact) mass is 1950 g/mol. The minimum atomic E-state index is -0.321. The summed E-state index contributed by atoms with van der Waals surface area (Å²) < 4.78 is 5.92. The van der Waals surface area contributed by atoms with E-state index >= 15 is 0 Å². The number of likely N-dealkylation sites (N-methyl/N-ethyl adjacent to an activating group) is 4. The first kappa shape index (κ1) is 100. The van der Waals surface area contributed by atoms with Gasteiger partial charge in [0.25, 0.3) is 23.6 Å². The normalized spacial score (nSPS) is 13.2. The topological polar surface area (TPSA) is 414 Å². The highest BCUT2D eigenvalue weighted by Crippen LogP contribution is 2.35. The highest BCUT2D eigenvalue weighted by atomic mass is 16.5. The molecule has 145 heavy (non-hydrogen) atoms. The van der Waals surface area contributed by atoms with E-state index in [1.54, 1.807) is 37.2 Å². The number of nitrogens with one attached hydrogen (secondary N) is 12. The van der Waals surface area contributed by atoms with E-state index in [9.17, 15) is 19.2 Å². The van der Waals surface area contributed by atoms with Gasteiger partial charge in [-0.15, -0.1) is 0 Å². The predicted octanol–water partition coefficient (Wildman–Crippen LogP) is 16.6. The lowest BCUT2D eigenvalue weighted by atomic mass is 10.0. The van der Waals surface area contributed by atoms with E-state index in [0.29, 0.717) is 56.7 Å². The van der Waals surface area contributed by atoms with Crippen LogP contribution in [0.25, 0.3) is 88.1 Å². The standard InChI is InChI=1S/C28H34N8O.C28H27N7O2.C27H32N8O.C26H30N8O/c1-35(2)13-10-30-26-9-7-23(18-31-26)32-28(37)27-24-15-21(6-8-25(24)33-34-27)22-14-20(16-29-17-22)19-36-11-4-3-5-12-36;1-35(2)13-12-30-26-11-9-21(17-31-26)32-28(36)27-24-15-19(8-10-25(24)33-34-27)20-14-23(18-29-16-20)37-22-6-4-3-5-7-22;1-34(2)12-9-29-25-8-6-22(17-30-25)31-27(36)26-23-14-20(5-7-24(23)32-33-26)21-13-19(15-28-16-21)18-35-10-3-4-11-35;1-33(2)11-8-28-24-7-5-21(16-29-24)30-26(35)25-22-13-19(4-6-23(22)31-32-25)20-12-18(14-27-15-20)17-34-9-3-10-34/h6-9,14-18H,3-5,10-13,19H2,1-2H3,(H,30,31)(H,32,37)(H,33,34);3-11,14-18H,12-13H2,1-2H3,(H,30,31)(H,32,36)(H,33,34);5-8,13-17H,3-4,9-12,18H2,1-2H3,(H,29,30)(H,31,36)(H,32,33);4-7,12-16H,3,8-11,17H2,1-2H3,(H,28,29)(H,30,35)(H,31,32). The molecule has 0 saturated carbocycles. The van der Waals surface area contributed by atoms with Crippen LogP contribution in [0.5, 0.6) is 11.5 Å². The molecule has 17 aromatic rings. The molecule has 12 N–H and O–H groups in total. The molecule has 0 spiro atoms. The van der Waals surface area contributed by atoms with Crippen molar-refractivity contribution in [2.45, 2.75) is 58.2 Å². The summed E-state index contributed by atoms with van der Waals surface area (Å²) in [5, 5.41) is 56.6. The fourth-order valence-electron chi connectivity index (χ4n) is 17.0. The van der Waals surface area contributed by atoms with Crippen LogP contribution < -0.4 is 47.3 Å². The summed E-state index contributed by atoms with van der Waals surface area (Å²) >= 11 is 0. The molecule has 15 heterocycles. The summed E-state index contributed by atoms with van der Waals surface area (Å²) in [7, 11) is 16.2. The van der Waals surface area contributed by atoms with Gasteiger partial charge in [-0.25, -0.2) is 19.9 Å². The number of para-hydroxylation sites is 1. The van der Waals surface area contributed by atoms with Crippen molar-refractivity contribution in [3.05, 3.63) is 290 Å². The zero-order chi connectivity index (χ0) is 100. The molecule has 4 amide bonds. The third-order valence-electron chi connectivity index (χ3n) is 24.9. The van der Waals surface area contributed by atoms with Crippen molar-refractivity contribution >= 4 is 113 Å². The second kappa shape index (κ2) is 49.0. The third-order valence-corrected chi connectivity index (χ3v) is 24.9.